The Morgan fingerprint density at radius 3 is 2.79 bits per heavy atom. The van der Waals surface area contributed by atoms with Gasteiger partial charge in [0.25, 0.3) is 4.96 Å². The lowest BCUT2D eigenvalue weighted by atomic mass is 10.3. The fourth-order valence-corrected chi connectivity index (χ4v) is 3.12. The van der Waals surface area contributed by atoms with Crippen molar-refractivity contribution in [3.05, 3.63) is 21.7 Å². The largest absolute Gasteiger partial charge is 0.373 e. The normalized spacial score (nSPS) is 17.2. The van der Waals surface area contributed by atoms with Crippen molar-refractivity contribution in [2.45, 2.75) is 6.92 Å². The molecule has 19 heavy (non-hydrogen) atoms. The van der Waals surface area contributed by atoms with Gasteiger partial charge in [-0.1, -0.05) is 18.3 Å². The molecule has 1 aliphatic heterocycles. The molecular formula is C11H15N5O2S. The van der Waals surface area contributed by atoms with Crippen LogP contribution < -0.4 is 4.90 Å². The van der Waals surface area contributed by atoms with Crippen molar-refractivity contribution in [2.75, 3.05) is 37.6 Å². The number of hydrogen-bond acceptors (Lipinski definition) is 6. The topological polar surface area (TPSA) is 66.9 Å². The molecular weight excluding hydrogens is 266 g/mol. The fourth-order valence-electron chi connectivity index (χ4n) is 2.42. The van der Waals surface area contributed by atoms with E-state index >= 15 is 0 Å². The Balaban J connectivity index is 1.94. The summed E-state index contributed by atoms with van der Waals surface area (Å²) >= 11 is 1.42. The molecule has 3 rings (SSSR count). The second kappa shape index (κ2) is 4.78. The lowest BCUT2D eigenvalue weighted by Crippen LogP contribution is -2.46. The summed E-state index contributed by atoms with van der Waals surface area (Å²) in [4.78, 5) is 20.4. The van der Waals surface area contributed by atoms with Gasteiger partial charge in [-0.05, 0) is 11.5 Å². The van der Waals surface area contributed by atoms with Gasteiger partial charge < -0.3 is 19.9 Å². The molecule has 0 atom stereocenters. The molecule has 1 saturated heterocycles. The van der Waals surface area contributed by atoms with Crippen LogP contribution in [0.15, 0.2) is 11.6 Å². The summed E-state index contributed by atoms with van der Waals surface area (Å²) in [6.45, 7) is 6.59. The Bertz CT molecular complexity index is 599. The average Bonchev–Trinajstić information content (AvgIpc) is 2.98. The third kappa shape index (κ3) is 2.06. The van der Waals surface area contributed by atoms with Crippen molar-refractivity contribution in [3.8, 4) is 0 Å². The molecule has 0 aromatic carbocycles. The molecule has 0 aliphatic carbocycles. The van der Waals surface area contributed by atoms with Crippen LogP contribution in [0.25, 0.3) is 4.96 Å². The van der Waals surface area contributed by atoms with Gasteiger partial charge in [-0.2, -0.15) is 9.38 Å². The Morgan fingerprint density at radius 1 is 1.42 bits per heavy atom. The Hall–Kier alpha value is -1.67. The van der Waals surface area contributed by atoms with Crippen LogP contribution in [0.2, 0.25) is 0 Å². The molecule has 0 unspecified atom stereocenters. The van der Waals surface area contributed by atoms with Gasteiger partial charge in [0.2, 0.25) is 5.82 Å². The number of hydrogen-bond donors (Lipinski definition) is 0. The summed E-state index contributed by atoms with van der Waals surface area (Å²) in [7, 11) is 0. The highest BCUT2D eigenvalue weighted by molar-refractivity contribution is 7.15. The highest BCUT2D eigenvalue weighted by atomic mass is 32.1. The maximum absolute atomic E-state index is 11.3. The number of rotatable bonds is 3. The first-order chi connectivity index (χ1) is 9.20. The van der Waals surface area contributed by atoms with Crippen molar-refractivity contribution in [2.24, 2.45) is 0 Å². The molecule has 0 spiro atoms. The Labute approximate surface area is 114 Å². The number of fused-ring (bicyclic) bond motifs is 1. The molecule has 7 nitrogen and oxygen atoms in total. The molecule has 2 aromatic heterocycles. The van der Waals surface area contributed by atoms with Gasteiger partial charge in [0, 0.05) is 31.6 Å². The second-order valence-corrected chi connectivity index (χ2v) is 5.37. The summed E-state index contributed by atoms with van der Waals surface area (Å²) < 4.78 is 1.56. The van der Waals surface area contributed by atoms with E-state index in [0.29, 0.717) is 10.8 Å². The number of thiazole rings is 1. The molecule has 0 bridgehead atoms. The van der Waals surface area contributed by atoms with E-state index in [9.17, 15) is 10.1 Å². The van der Waals surface area contributed by atoms with Crippen LogP contribution in [0.3, 0.4) is 0 Å². The zero-order valence-electron chi connectivity index (χ0n) is 10.7. The summed E-state index contributed by atoms with van der Waals surface area (Å²) in [5.74, 6) is 0.591. The first-order valence-electron chi connectivity index (χ1n) is 6.28. The van der Waals surface area contributed by atoms with E-state index < -0.39 is 0 Å². The quantitative estimate of drug-likeness (QED) is 0.629. The number of nitrogens with zero attached hydrogens (tertiary/aromatic N) is 5. The van der Waals surface area contributed by atoms with Gasteiger partial charge in [-0.15, -0.1) is 0 Å². The number of nitro groups is 1. The monoisotopic (exact) mass is 281 g/mol. The highest BCUT2D eigenvalue weighted by Gasteiger charge is 2.29. The number of anilines is 1. The van der Waals surface area contributed by atoms with Gasteiger partial charge in [0.15, 0.2) is 0 Å². The number of piperazine rings is 1. The van der Waals surface area contributed by atoms with E-state index in [0.717, 1.165) is 32.7 Å². The van der Waals surface area contributed by atoms with E-state index in [2.05, 4.69) is 16.8 Å². The lowest BCUT2D eigenvalue weighted by molar-refractivity contribution is -0.389. The molecule has 2 aromatic rings. The summed E-state index contributed by atoms with van der Waals surface area (Å²) in [5.41, 5.74) is 0. The van der Waals surface area contributed by atoms with Gasteiger partial charge in [-0.3, -0.25) is 0 Å². The fraction of sp³-hybridized carbons (Fsp3) is 0.545. The van der Waals surface area contributed by atoms with Crippen LogP contribution >= 0.6 is 11.3 Å². The summed E-state index contributed by atoms with van der Waals surface area (Å²) in [6.07, 6.45) is 1.71. The van der Waals surface area contributed by atoms with Crippen LogP contribution in [-0.2, 0) is 0 Å². The van der Waals surface area contributed by atoms with Crippen molar-refractivity contribution < 1.29 is 4.92 Å². The molecule has 0 amide bonds. The van der Waals surface area contributed by atoms with Crippen LogP contribution in [0.5, 0.6) is 0 Å². The van der Waals surface area contributed by atoms with Crippen LogP contribution in [0, 0.1) is 10.1 Å². The van der Waals surface area contributed by atoms with Gasteiger partial charge >= 0.3 is 5.82 Å². The molecule has 0 N–H and O–H groups in total. The average molecular weight is 281 g/mol. The Morgan fingerprint density at radius 2 is 2.16 bits per heavy atom. The molecule has 1 aliphatic rings. The van der Waals surface area contributed by atoms with E-state index in [1.165, 1.54) is 11.3 Å². The maximum Gasteiger partial charge on any atom is 0.373 e. The zero-order chi connectivity index (χ0) is 13.4. The standard InChI is InChI=1S/C11H15N5O2S/c1-2-13-3-5-14(6-4-13)9-10(16(17)18)15-7-8-19-11(15)12-9/h7-8H,2-6H2,1H3. The van der Waals surface area contributed by atoms with Gasteiger partial charge in [-0.25, -0.2) is 0 Å². The predicted octanol–water partition coefficient (Wildman–Crippen LogP) is 1.45. The molecule has 3 heterocycles. The SMILES string of the molecule is CCN1CCN(c2nc3sccn3c2[N+](=O)[O-])CC1. The lowest BCUT2D eigenvalue weighted by Gasteiger charge is -2.33. The summed E-state index contributed by atoms with van der Waals surface area (Å²) in [5, 5.41) is 13.1. The second-order valence-electron chi connectivity index (χ2n) is 4.49. The maximum atomic E-state index is 11.3. The third-order valence-electron chi connectivity index (χ3n) is 3.51. The number of likely N-dealkylation sites (N-methyl/N-ethyl adjacent to an activating group) is 1. The van der Waals surface area contributed by atoms with E-state index in [1.54, 1.807) is 10.6 Å². The molecule has 102 valence electrons. The van der Waals surface area contributed by atoms with Gasteiger partial charge in [0.1, 0.15) is 6.20 Å². The van der Waals surface area contributed by atoms with E-state index in [4.69, 9.17) is 0 Å². The van der Waals surface area contributed by atoms with E-state index in [-0.39, 0.29) is 10.7 Å². The van der Waals surface area contributed by atoms with Crippen molar-refractivity contribution in [1.29, 1.82) is 0 Å². The van der Waals surface area contributed by atoms with Crippen LogP contribution in [0.1, 0.15) is 6.92 Å². The predicted molar refractivity (Wildman–Crippen MR) is 74.1 cm³/mol. The van der Waals surface area contributed by atoms with Crippen LogP contribution in [0.4, 0.5) is 11.6 Å². The van der Waals surface area contributed by atoms with E-state index in [1.807, 2.05) is 10.3 Å². The van der Waals surface area contributed by atoms with Crippen LogP contribution in [-0.4, -0.2) is 51.9 Å². The first-order valence-corrected chi connectivity index (χ1v) is 7.16. The molecule has 0 radical (unpaired) electrons. The first kappa shape index (κ1) is 12.4. The Kier molecular flexibility index (Phi) is 3.11. The molecule has 8 heteroatoms. The molecule has 0 saturated carbocycles. The minimum atomic E-state index is -0.339. The number of imidazole rings is 1. The van der Waals surface area contributed by atoms with Crippen molar-refractivity contribution >= 4 is 27.9 Å². The van der Waals surface area contributed by atoms with Crippen molar-refractivity contribution in [3.63, 3.8) is 0 Å². The highest BCUT2D eigenvalue weighted by Crippen LogP contribution is 2.31. The van der Waals surface area contributed by atoms with Gasteiger partial charge in [0.05, 0.1) is 0 Å². The minimum absolute atomic E-state index is 0.0844. The zero-order valence-corrected chi connectivity index (χ0v) is 11.5. The smallest absolute Gasteiger partial charge is 0.358 e. The molecule has 1 fully saturated rings. The number of aromatic nitrogens is 2. The minimum Gasteiger partial charge on any atom is -0.358 e. The van der Waals surface area contributed by atoms with Crippen molar-refractivity contribution in [1.82, 2.24) is 14.3 Å². The summed E-state index contributed by atoms with van der Waals surface area (Å²) in [6, 6.07) is 0. The third-order valence-corrected chi connectivity index (χ3v) is 4.27.